The van der Waals surface area contributed by atoms with Crippen LogP contribution in [-0.4, -0.2) is 7.28 Å². The van der Waals surface area contributed by atoms with Gasteiger partial charge in [0.2, 0.25) is 0 Å². The summed E-state index contributed by atoms with van der Waals surface area (Å²) in [6.07, 6.45) is -1.35. The first-order valence-electron chi connectivity index (χ1n) is 5.04. The zero-order chi connectivity index (χ0) is 11.3. The van der Waals surface area contributed by atoms with E-state index in [4.69, 9.17) is 0 Å². The van der Waals surface area contributed by atoms with Crippen molar-refractivity contribution in [2.24, 2.45) is 0 Å². The highest BCUT2D eigenvalue weighted by molar-refractivity contribution is 6.53. The molecule has 0 amide bonds. The van der Waals surface area contributed by atoms with Gasteiger partial charge in [0.15, 0.2) is 0 Å². The molecule has 0 nitrogen and oxygen atoms in total. The smallest absolute Gasteiger partial charge is 0.297 e. The van der Waals surface area contributed by atoms with E-state index in [1.54, 1.807) is 6.07 Å². The molecule has 4 heteroatoms. The average molecular weight is 213 g/mol. The number of alkyl halides is 3. The van der Waals surface area contributed by atoms with Gasteiger partial charge in [0.25, 0.3) is 0 Å². The molecule has 0 unspecified atom stereocenters. The second kappa shape index (κ2) is 5.24. The van der Waals surface area contributed by atoms with Crippen molar-refractivity contribution in [3.8, 4) is 0 Å². The molecule has 82 valence electrons. The number of unbranched alkanes of at least 4 members (excludes halogenated alkanes) is 1. The average Bonchev–Trinajstić information content (AvgIpc) is 2.17. The van der Waals surface area contributed by atoms with Gasteiger partial charge in [0, 0.05) is 0 Å². The zero-order valence-corrected chi connectivity index (χ0v) is 8.64. The van der Waals surface area contributed by atoms with Crippen molar-refractivity contribution in [1.82, 2.24) is 0 Å². The second-order valence-electron chi connectivity index (χ2n) is 3.47. The van der Waals surface area contributed by atoms with E-state index in [1.165, 1.54) is 12.1 Å². The molecule has 15 heavy (non-hydrogen) atoms. The van der Waals surface area contributed by atoms with Gasteiger partial charge in [-0.1, -0.05) is 38.0 Å². The molecule has 0 aromatic heterocycles. The van der Waals surface area contributed by atoms with Gasteiger partial charge in [-0.2, -0.15) is 13.2 Å². The van der Waals surface area contributed by atoms with Crippen LogP contribution in [0, 0.1) is 0 Å². The lowest BCUT2D eigenvalue weighted by Crippen LogP contribution is -2.16. The first kappa shape index (κ1) is 12.1. The highest BCUT2D eigenvalue weighted by Crippen LogP contribution is 2.28. The van der Waals surface area contributed by atoms with Gasteiger partial charge in [-0.25, -0.2) is 6.32 Å². The lowest BCUT2D eigenvalue weighted by molar-refractivity contribution is -0.137. The topological polar surface area (TPSA) is 0 Å². The Morgan fingerprint density at radius 3 is 2.60 bits per heavy atom. The van der Waals surface area contributed by atoms with Crippen LogP contribution in [0.1, 0.15) is 25.3 Å². The minimum atomic E-state index is -4.24. The fraction of sp³-hybridized carbons (Fsp3) is 0.455. The van der Waals surface area contributed by atoms with Gasteiger partial charge in [-0.3, -0.25) is 12.7 Å². The van der Waals surface area contributed by atoms with Crippen molar-refractivity contribution in [3.63, 3.8) is 0 Å². The van der Waals surface area contributed by atoms with E-state index < -0.39 is 11.7 Å². The molecule has 0 atom stereocenters. The lowest BCUT2D eigenvalue weighted by Gasteiger charge is -2.17. The van der Waals surface area contributed by atoms with E-state index in [0.29, 0.717) is 5.46 Å². The highest BCUT2D eigenvalue weighted by atomic mass is 19.4. The quantitative estimate of drug-likeness (QED) is 0.531. The minimum absolute atomic E-state index is 0.576. The molecule has 0 aliphatic carbocycles. The van der Waals surface area contributed by atoms with Crippen LogP contribution in [0.15, 0.2) is 24.3 Å². The maximum Gasteiger partial charge on any atom is 0.416 e. The summed E-state index contributed by atoms with van der Waals surface area (Å²) in [7, 11) is 1.85. The lowest BCUT2D eigenvalue weighted by atomic mass is 9.66. The summed E-state index contributed by atoms with van der Waals surface area (Å²) in [6, 6.07) is 5.43. The maximum absolute atomic E-state index is 12.3. The van der Waals surface area contributed by atoms with E-state index in [-0.39, 0.29) is 0 Å². The van der Waals surface area contributed by atoms with Crippen LogP contribution in [0.3, 0.4) is 0 Å². The fourth-order valence-corrected chi connectivity index (χ4v) is 1.31. The van der Waals surface area contributed by atoms with Crippen molar-refractivity contribution >= 4 is 12.7 Å². The molecular weight excluding hydrogens is 200 g/mol. The van der Waals surface area contributed by atoms with Crippen LogP contribution in [0.5, 0.6) is 0 Å². The normalized spacial score (nSPS) is 11.7. The summed E-state index contributed by atoms with van der Waals surface area (Å²) in [5.74, 6) is 0. The Bertz CT molecular complexity index is 307. The standard InChI is InChI=1S/C11H13BF3/c1-2-3-7-12-10-6-4-5-9(8-10)11(13,14)15/h4-6,8H,2-3,7H2,1H3/q-1. The van der Waals surface area contributed by atoms with E-state index in [0.717, 1.165) is 25.2 Å². The zero-order valence-electron chi connectivity index (χ0n) is 8.64. The summed E-state index contributed by atoms with van der Waals surface area (Å²) in [5.41, 5.74) is 0.0750. The Morgan fingerprint density at radius 1 is 1.27 bits per heavy atom. The third-order valence-electron chi connectivity index (χ3n) is 2.15. The summed E-state index contributed by atoms with van der Waals surface area (Å²) in [5, 5.41) is 0. The van der Waals surface area contributed by atoms with Crippen molar-refractivity contribution < 1.29 is 13.2 Å². The summed E-state index contributed by atoms with van der Waals surface area (Å²) >= 11 is 0. The van der Waals surface area contributed by atoms with Crippen molar-refractivity contribution in [2.45, 2.75) is 32.3 Å². The largest absolute Gasteiger partial charge is 0.416 e. The van der Waals surface area contributed by atoms with Gasteiger partial charge < -0.3 is 0 Å². The van der Waals surface area contributed by atoms with Gasteiger partial charge in [0.1, 0.15) is 0 Å². The first-order chi connectivity index (χ1) is 7.04. The van der Waals surface area contributed by atoms with Crippen molar-refractivity contribution in [3.05, 3.63) is 29.8 Å². The van der Waals surface area contributed by atoms with Crippen LogP contribution in [-0.2, 0) is 6.18 Å². The highest BCUT2D eigenvalue weighted by Gasteiger charge is 2.29. The number of halogens is 3. The van der Waals surface area contributed by atoms with E-state index >= 15 is 0 Å². The molecule has 0 spiro atoms. The molecule has 0 bridgehead atoms. The molecule has 1 aromatic rings. The fourth-order valence-electron chi connectivity index (χ4n) is 1.31. The Labute approximate surface area is 88.7 Å². The maximum atomic E-state index is 12.3. The molecule has 1 rings (SSSR count). The molecule has 0 aliphatic rings. The first-order valence-corrected chi connectivity index (χ1v) is 5.04. The van der Waals surface area contributed by atoms with Crippen molar-refractivity contribution in [2.75, 3.05) is 0 Å². The number of rotatable bonds is 4. The van der Waals surface area contributed by atoms with Crippen LogP contribution in [0.4, 0.5) is 13.2 Å². The predicted octanol–water partition coefficient (Wildman–Crippen LogP) is 3.25. The molecule has 0 saturated heterocycles. The van der Waals surface area contributed by atoms with Crippen LogP contribution in [0.2, 0.25) is 6.32 Å². The molecule has 0 saturated carbocycles. The monoisotopic (exact) mass is 213 g/mol. The van der Waals surface area contributed by atoms with E-state index in [2.05, 4.69) is 6.92 Å². The third kappa shape index (κ3) is 3.98. The molecule has 0 fully saturated rings. The molecular formula is C11H13BF3-. The second-order valence-corrected chi connectivity index (χ2v) is 3.47. The molecule has 1 aromatic carbocycles. The Hall–Kier alpha value is -0.925. The van der Waals surface area contributed by atoms with Gasteiger partial charge in [0.05, 0.1) is 5.56 Å². The third-order valence-corrected chi connectivity index (χ3v) is 2.15. The molecule has 2 radical (unpaired) electrons. The van der Waals surface area contributed by atoms with E-state index in [9.17, 15) is 13.2 Å². The predicted molar refractivity (Wildman–Crippen MR) is 56.5 cm³/mol. The van der Waals surface area contributed by atoms with Gasteiger partial charge in [-0.15, -0.1) is 6.07 Å². The minimum Gasteiger partial charge on any atom is -0.297 e. The number of hydrogen-bond donors (Lipinski definition) is 0. The Balaban J connectivity index is 2.66. The van der Waals surface area contributed by atoms with Gasteiger partial charge >= 0.3 is 6.18 Å². The number of hydrogen-bond acceptors (Lipinski definition) is 0. The summed E-state index contributed by atoms with van der Waals surface area (Å²) < 4.78 is 37.0. The van der Waals surface area contributed by atoms with Crippen LogP contribution < -0.4 is 5.46 Å². The molecule has 0 N–H and O–H groups in total. The Morgan fingerprint density at radius 2 is 2.00 bits per heavy atom. The van der Waals surface area contributed by atoms with Crippen molar-refractivity contribution in [1.29, 1.82) is 0 Å². The van der Waals surface area contributed by atoms with Crippen LogP contribution >= 0.6 is 0 Å². The Kier molecular flexibility index (Phi) is 4.24. The molecule has 0 heterocycles. The molecule has 0 aliphatic heterocycles. The number of benzene rings is 1. The summed E-state index contributed by atoms with van der Waals surface area (Å²) in [4.78, 5) is 0. The van der Waals surface area contributed by atoms with Gasteiger partial charge in [-0.05, 0) is 0 Å². The SMILES string of the molecule is CCCC[B-]c1cccc(C(F)(F)F)c1. The van der Waals surface area contributed by atoms with E-state index in [1.807, 2.05) is 7.28 Å². The summed E-state index contributed by atoms with van der Waals surface area (Å²) in [6.45, 7) is 2.06. The van der Waals surface area contributed by atoms with Crippen LogP contribution in [0.25, 0.3) is 0 Å².